The maximum Gasteiger partial charge on any atom is 0.326 e. The molecule has 1 fully saturated rings. The molecule has 2 aromatic carbocycles. The maximum atomic E-state index is 12.7. The van der Waals surface area contributed by atoms with Gasteiger partial charge in [0.15, 0.2) is 0 Å². The third-order valence-corrected chi connectivity index (χ3v) is 4.91. The molecule has 0 unspecified atom stereocenters. The second-order valence-corrected chi connectivity index (χ2v) is 8.25. The highest BCUT2D eigenvalue weighted by atomic mass is 32.2. The molecule has 1 heterocycles. The first kappa shape index (κ1) is 19.9. The summed E-state index contributed by atoms with van der Waals surface area (Å²) < 4.78 is 10.6. The monoisotopic (exact) mass is 399 g/mol. The maximum absolute atomic E-state index is 12.7. The van der Waals surface area contributed by atoms with Gasteiger partial charge in [-0.05, 0) is 55.6 Å². The van der Waals surface area contributed by atoms with Gasteiger partial charge in [-0.1, -0.05) is 30.3 Å². The number of benzene rings is 2. The number of thioether (sulfide) groups is 1. The van der Waals surface area contributed by atoms with Crippen LogP contribution >= 0.6 is 11.8 Å². The molecule has 0 aromatic heterocycles. The number of carbonyl (C=O) groups is 3. The van der Waals surface area contributed by atoms with Crippen molar-refractivity contribution in [1.29, 1.82) is 0 Å². The van der Waals surface area contributed by atoms with E-state index in [9.17, 15) is 14.4 Å². The largest absolute Gasteiger partial charge is 0.496 e. The molecule has 0 aliphatic carbocycles. The van der Waals surface area contributed by atoms with E-state index in [1.807, 2.05) is 36.4 Å². The molecular formula is C21H21NO5S. The molecule has 3 rings (SSSR count). The second-order valence-electron chi connectivity index (χ2n) is 7.26. The van der Waals surface area contributed by atoms with Crippen LogP contribution in [0.1, 0.15) is 26.3 Å². The number of ether oxygens (including phenoxy) is 2. The number of hydrogen-bond donors (Lipinski definition) is 0. The third kappa shape index (κ3) is 4.20. The third-order valence-electron chi connectivity index (χ3n) is 4.01. The van der Waals surface area contributed by atoms with Crippen molar-refractivity contribution in [2.24, 2.45) is 0 Å². The fraction of sp³-hybridized carbons (Fsp3) is 0.286. The van der Waals surface area contributed by atoms with E-state index in [1.165, 1.54) is 0 Å². The molecule has 1 saturated heterocycles. The van der Waals surface area contributed by atoms with Crippen molar-refractivity contribution in [3.8, 4) is 5.75 Å². The first-order valence-corrected chi connectivity index (χ1v) is 9.54. The van der Waals surface area contributed by atoms with Crippen LogP contribution in [0.15, 0.2) is 41.3 Å². The molecule has 2 amide bonds. The summed E-state index contributed by atoms with van der Waals surface area (Å²) in [7, 11) is 1.60. The Balaban J connectivity index is 1.88. The molecule has 0 spiro atoms. The molecule has 2 aromatic rings. The van der Waals surface area contributed by atoms with Gasteiger partial charge >= 0.3 is 5.97 Å². The minimum Gasteiger partial charge on any atom is -0.496 e. The van der Waals surface area contributed by atoms with Gasteiger partial charge in [-0.3, -0.25) is 19.3 Å². The van der Waals surface area contributed by atoms with Crippen LogP contribution < -0.4 is 4.74 Å². The SMILES string of the molecule is COc1ccc(/C=C2\SC(=O)N(CC(=O)OC(C)(C)C)C2=O)c2ccccc12. The quantitative estimate of drug-likeness (QED) is 0.566. The van der Waals surface area contributed by atoms with Crippen LogP contribution in [0.3, 0.4) is 0 Å². The van der Waals surface area contributed by atoms with Crippen molar-refractivity contribution < 1.29 is 23.9 Å². The molecule has 6 nitrogen and oxygen atoms in total. The number of hydrogen-bond acceptors (Lipinski definition) is 6. The van der Waals surface area contributed by atoms with Crippen molar-refractivity contribution >= 4 is 45.7 Å². The van der Waals surface area contributed by atoms with Gasteiger partial charge in [-0.15, -0.1) is 0 Å². The van der Waals surface area contributed by atoms with Gasteiger partial charge < -0.3 is 9.47 Å². The summed E-state index contributed by atoms with van der Waals surface area (Å²) in [5.74, 6) is -0.391. The molecule has 0 saturated carbocycles. The van der Waals surface area contributed by atoms with Gasteiger partial charge in [0.2, 0.25) is 0 Å². The number of imide groups is 1. The summed E-state index contributed by atoms with van der Waals surface area (Å²) in [5.41, 5.74) is 0.107. The fourth-order valence-corrected chi connectivity index (χ4v) is 3.71. The number of esters is 1. The van der Waals surface area contributed by atoms with E-state index in [-0.39, 0.29) is 4.91 Å². The lowest BCUT2D eigenvalue weighted by Gasteiger charge is -2.21. The number of nitrogens with zero attached hydrogens (tertiary/aromatic N) is 1. The van der Waals surface area contributed by atoms with Crippen LogP contribution in [0.4, 0.5) is 4.79 Å². The van der Waals surface area contributed by atoms with Crippen LogP contribution in [0.2, 0.25) is 0 Å². The molecule has 28 heavy (non-hydrogen) atoms. The van der Waals surface area contributed by atoms with Crippen molar-refractivity contribution in [2.75, 3.05) is 13.7 Å². The molecule has 7 heteroatoms. The van der Waals surface area contributed by atoms with E-state index < -0.39 is 29.3 Å². The number of methoxy groups -OCH3 is 1. The lowest BCUT2D eigenvalue weighted by atomic mass is 10.0. The highest BCUT2D eigenvalue weighted by molar-refractivity contribution is 8.18. The van der Waals surface area contributed by atoms with Crippen molar-refractivity contribution in [1.82, 2.24) is 4.90 Å². The second kappa shape index (κ2) is 7.67. The Morgan fingerprint density at radius 3 is 2.43 bits per heavy atom. The molecule has 0 bridgehead atoms. The van der Waals surface area contributed by atoms with Crippen molar-refractivity contribution in [2.45, 2.75) is 26.4 Å². The van der Waals surface area contributed by atoms with Gasteiger partial charge in [0.25, 0.3) is 11.1 Å². The standard InChI is InChI=1S/C21H21NO5S/c1-21(2,3)27-18(23)12-22-19(24)17(28-20(22)25)11-13-9-10-16(26-4)15-8-6-5-7-14(13)15/h5-11H,12H2,1-4H3/b17-11-. The average molecular weight is 399 g/mol. The molecular weight excluding hydrogens is 378 g/mol. The van der Waals surface area contributed by atoms with Crippen molar-refractivity contribution in [3.63, 3.8) is 0 Å². The Labute approximate surface area is 167 Å². The zero-order valence-electron chi connectivity index (χ0n) is 16.1. The summed E-state index contributed by atoms with van der Waals surface area (Å²) in [4.78, 5) is 38.1. The summed E-state index contributed by atoms with van der Waals surface area (Å²) in [6, 6.07) is 11.3. The predicted octanol–water partition coefficient (Wildman–Crippen LogP) is 4.23. The summed E-state index contributed by atoms with van der Waals surface area (Å²) in [6.07, 6.45) is 1.67. The van der Waals surface area contributed by atoms with Gasteiger partial charge in [0.1, 0.15) is 17.9 Å². The lowest BCUT2D eigenvalue weighted by molar-refractivity contribution is -0.156. The molecule has 0 N–H and O–H groups in total. The molecule has 0 radical (unpaired) electrons. The molecule has 1 aliphatic rings. The van der Waals surface area contributed by atoms with Crippen LogP contribution in [0.25, 0.3) is 16.8 Å². The zero-order valence-corrected chi connectivity index (χ0v) is 17.0. The van der Waals surface area contributed by atoms with E-state index in [0.717, 1.165) is 38.7 Å². The van der Waals surface area contributed by atoms with Gasteiger partial charge in [0, 0.05) is 5.39 Å². The van der Waals surface area contributed by atoms with Crippen LogP contribution in [0.5, 0.6) is 5.75 Å². The van der Waals surface area contributed by atoms with Crippen LogP contribution in [-0.2, 0) is 14.3 Å². The Kier molecular flexibility index (Phi) is 5.47. The Bertz CT molecular complexity index is 990. The Morgan fingerprint density at radius 2 is 1.79 bits per heavy atom. The molecule has 1 aliphatic heterocycles. The number of fused-ring (bicyclic) bond motifs is 1. The predicted molar refractivity (Wildman–Crippen MR) is 109 cm³/mol. The molecule has 0 atom stereocenters. The summed E-state index contributed by atoms with van der Waals surface area (Å²) >= 11 is 0.815. The topological polar surface area (TPSA) is 72.9 Å². The zero-order chi connectivity index (χ0) is 20.5. The minimum absolute atomic E-state index is 0.267. The van der Waals surface area contributed by atoms with Gasteiger partial charge in [-0.2, -0.15) is 0 Å². The Hall–Kier alpha value is -2.80. The minimum atomic E-state index is -0.684. The number of carbonyl (C=O) groups excluding carboxylic acids is 3. The number of rotatable bonds is 4. The lowest BCUT2D eigenvalue weighted by Crippen LogP contribution is -2.37. The van der Waals surface area contributed by atoms with E-state index in [1.54, 1.807) is 34.0 Å². The number of amides is 2. The van der Waals surface area contributed by atoms with Gasteiger partial charge in [0.05, 0.1) is 12.0 Å². The summed E-state index contributed by atoms with van der Waals surface area (Å²) in [6.45, 7) is 4.79. The van der Waals surface area contributed by atoms with Crippen molar-refractivity contribution in [3.05, 3.63) is 46.9 Å². The first-order chi connectivity index (χ1) is 13.2. The Morgan fingerprint density at radius 1 is 1.11 bits per heavy atom. The molecule has 146 valence electrons. The summed E-state index contributed by atoms with van der Waals surface area (Å²) in [5, 5.41) is 1.33. The van der Waals surface area contributed by atoms with Gasteiger partial charge in [-0.25, -0.2) is 0 Å². The van der Waals surface area contributed by atoms with Crippen LogP contribution in [0, 0.1) is 0 Å². The normalized spacial score (nSPS) is 16.1. The fourth-order valence-electron chi connectivity index (χ4n) is 2.88. The van der Waals surface area contributed by atoms with Crippen LogP contribution in [-0.4, -0.2) is 41.3 Å². The first-order valence-electron chi connectivity index (χ1n) is 8.72. The smallest absolute Gasteiger partial charge is 0.326 e. The van der Waals surface area contributed by atoms with E-state index >= 15 is 0 Å². The highest BCUT2D eigenvalue weighted by Crippen LogP contribution is 2.35. The van der Waals surface area contributed by atoms with E-state index in [4.69, 9.17) is 9.47 Å². The highest BCUT2D eigenvalue weighted by Gasteiger charge is 2.37. The average Bonchev–Trinajstić information content (AvgIpc) is 2.88. The van der Waals surface area contributed by atoms with E-state index in [2.05, 4.69) is 0 Å². The van der Waals surface area contributed by atoms with E-state index in [0.29, 0.717) is 0 Å².